The van der Waals surface area contributed by atoms with Crippen molar-refractivity contribution in [1.29, 1.82) is 0 Å². The Morgan fingerprint density at radius 2 is 2.04 bits per heavy atom. The molecule has 2 aromatic heterocycles. The molecule has 0 saturated carbocycles. The first-order valence-electron chi connectivity index (χ1n) is 7.88. The zero-order valence-corrected chi connectivity index (χ0v) is 13.2. The Morgan fingerprint density at radius 3 is 2.87 bits per heavy atom. The fourth-order valence-corrected chi connectivity index (χ4v) is 3.14. The lowest BCUT2D eigenvalue weighted by Crippen LogP contribution is -2.28. The van der Waals surface area contributed by atoms with E-state index in [0.717, 1.165) is 29.7 Å². The van der Waals surface area contributed by atoms with Gasteiger partial charge in [0.1, 0.15) is 0 Å². The van der Waals surface area contributed by atoms with Crippen molar-refractivity contribution in [2.45, 2.75) is 26.3 Å². The van der Waals surface area contributed by atoms with Gasteiger partial charge in [0.2, 0.25) is 0 Å². The fourth-order valence-electron chi connectivity index (χ4n) is 3.14. The quantitative estimate of drug-likeness (QED) is 0.730. The van der Waals surface area contributed by atoms with Crippen LogP contribution in [0.15, 0.2) is 42.7 Å². The third kappa shape index (κ3) is 2.20. The van der Waals surface area contributed by atoms with Crippen molar-refractivity contribution in [3.63, 3.8) is 0 Å². The number of rotatable bonds is 2. The minimum atomic E-state index is 0.00152. The molecule has 0 spiro atoms. The van der Waals surface area contributed by atoms with Gasteiger partial charge in [-0.15, -0.1) is 0 Å². The minimum absolute atomic E-state index is 0.00152. The van der Waals surface area contributed by atoms with Crippen molar-refractivity contribution in [1.82, 2.24) is 14.8 Å². The monoisotopic (exact) mass is 306 g/mol. The number of benzene rings is 1. The lowest BCUT2D eigenvalue weighted by molar-refractivity contribution is 0.0989. The molecule has 0 bridgehead atoms. The molecule has 3 aromatic rings. The van der Waals surface area contributed by atoms with Crippen molar-refractivity contribution in [2.75, 3.05) is 11.4 Å². The molecule has 116 valence electrons. The van der Waals surface area contributed by atoms with Crippen LogP contribution in [0.25, 0.3) is 11.0 Å². The average molecular weight is 306 g/mol. The van der Waals surface area contributed by atoms with Crippen LogP contribution in [0.5, 0.6) is 0 Å². The van der Waals surface area contributed by atoms with E-state index in [0.29, 0.717) is 5.56 Å². The maximum Gasteiger partial charge on any atom is 0.259 e. The zero-order valence-electron chi connectivity index (χ0n) is 13.2. The highest BCUT2D eigenvalue weighted by Crippen LogP contribution is 2.29. The highest BCUT2D eigenvalue weighted by molar-refractivity contribution is 6.08. The summed E-state index contributed by atoms with van der Waals surface area (Å²) in [5.41, 5.74) is 3.66. The number of aromatic nitrogens is 3. The third-order valence-electron chi connectivity index (χ3n) is 4.30. The largest absolute Gasteiger partial charge is 0.308 e. The molecule has 0 saturated heterocycles. The predicted molar refractivity (Wildman–Crippen MR) is 89.7 cm³/mol. The third-order valence-corrected chi connectivity index (χ3v) is 4.30. The second-order valence-electron chi connectivity index (χ2n) is 6.16. The summed E-state index contributed by atoms with van der Waals surface area (Å²) in [5, 5.41) is 5.26. The van der Waals surface area contributed by atoms with Gasteiger partial charge >= 0.3 is 0 Å². The van der Waals surface area contributed by atoms with Crippen LogP contribution >= 0.6 is 0 Å². The number of fused-ring (bicyclic) bond motifs is 2. The molecule has 5 nitrogen and oxygen atoms in total. The van der Waals surface area contributed by atoms with Gasteiger partial charge in [-0.3, -0.25) is 4.79 Å². The topological polar surface area (TPSA) is 51.0 Å². The molecule has 0 radical (unpaired) electrons. The van der Waals surface area contributed by atoms with E-state index in [1.165, 1.54) is 5.56 Å². The molecule has 0 fully saturated rings. The van der Waals surface area contributed by atoms with E-state index in [2.05, 4.69) is 30.0 Å². The molecular weight excluding hydrogens is 288 g/mol. The Labute approximate surface area is 134 Å². The maximum atomic E-state index is 12.9. The van der Waals surface area contributed by atoms with Crippen LogP contribution in [0.4, 0.5) is 5.69 Å². The van der Waals surface area contributed by atoms with Gasteiger partial charge in [-0.25, -0.2) is 9.67 Å². The lowest BCUT2D eigenvalue weighted by Gasteiger charge is -2.17. The van der Waals surface area contributed by atoms with E-state index >= 15 is 0 Å². The van der Waals surface area contributed by atoms with Crippen LogP contribution in [0, 0.1) is 0 Å². The van der Waals surface area contributed by atoms with Gasteiger partial charge in [0.05, 0.1) is 11.8 Å². The molecule has 0 N–H and O–H groups in total. The van der Waals surface area contributed by atoms with E-state index in [4.69, 9.17) is 0 Å². The SMILES string of the molecule is CC(C)n1ncc2cc(C(=O)N3CCc4ccccc43)cnc21. The number of para-hydroxylation sites is 1. The van der Waals surface area contributed by atoms with Gasteiger partial charge < -0.3 is 4.90 Å². The summed E-state index contributed by atoms with van der Waals surface area (Å²) < 4.78 is 1.87. The van der Waals surface area contributed by atoms with E-state index in [1.54, 1.807) is 12.4 Å². The van der Waals surface area contributed by atoms with E-state index in [9.17, 15) is 4.79 Å². The van der Waals surface area contributed by atoms with Crippen LogP contribution in [0.2, 0.25) is 0 Å². The fraction of sp³-hybridized carbons (Fsp3) is 0.278. The molecule has 0 atom stereocenters. The average Bonchev–Trinajstić information content (AvgIpc) is 3.17. The van der Waals surface area contributed by atoms with Gasteiger partial charge in [0.25, 0.3) is 5.91 Å². The van der Waals surface area contributed by atoms with Crippen molar-refractivity contribution in [3.8, 4) is 0 Å². The standard InChI is InChI=1S/C18H18N4O/c1-12(2)22-17-14(11-20-22)9-15(10-19-17)18(23)21-8-7-13-5-3-4-6-16(13)21/h3-6,9-12H,7-8H2,1-2H3. The number of pyridine rings is 1. The lowest BCUT2D eigenvalue weighted by atomic mass is 10.1. The summed E-state index contributed by atoms with van der Waals surface area (Å²) in [5.74, 6) is 0.00152. The number of nitrogens with zero attached hydrogens (tertiary/aromatic N) is 4. The van der Waals surface area contributed by atoms with Gasteiger partial charge in [-0.2, -0.15) is 5.10 Å². The maximum absolute atomic E-state index is 12.9. The molecule has 4 rings (SSSR count). The van der Waals surface area contributed by atoms with Crippen LogP contribution < -0.4 is 4.90 Å². The van der Waals surface area contributed by atoms with E-state index in [1.807, 2.05) is 33.8 Å². The highest BCUT2D eigenvalue weighted by atomic mass is 16.2. The first-order valence-corrected chi connectivity index (χ1v) is 7.88. The molecular formula is C18H18N4O. The van der Waals surface area contributed by atoms with Crippen LogP contribution in [0.1, 0.15) is 35.8 Å². The highest BCUT2D eigenvalue weighted by Gasteiger charge is 2.25. The Kier molecular flexibility index (Phi) is 3.15. The van der Waals surface area contributed by atoms with Crippen molar-refractivity contribution in [3.05, 3.63) is 53.9 Å². The smallest absolute Gasteiger partial charge is 0.259 e. The Bertz CT molecular complexity index is 897. The normalized spacial score (nSPS) is 13.8. The van der Waals surface area contributed by atoms with Crippen LogP contribution in [-0.4, -0.2) is 27.2 Å². The minimum Gasteiger partial charge on any atom is -0.308 e. The van der Waals surface area contributed by atoms with E-state index in [-0.39, 0.29) is 11.9 Å². The molecule has 1 aromatic carbocycles. The molecule has 23 heavy (non-hydrogen) atoms. The second-order valence-corrected chi connectivity index (χ2v) is 6.16. The van der Waals surface area contributed by atoms with Crippen molar-refractivity contribution >= 4 is 22.6 Å². The number of amides is 1. The number of carbonyl (C=O) groups is 1. The summed E-state index contributed by atoms with van der Waals surface area (Å²) in [7, 11) is 0. The molecule has 5 heteroatoms. The molecule has 0 unspecified atom stereocenters. The molecule has 0 aliphatic carbocycles. The first kappa shape index (κ1) is 13.9. The van der Waals surface area contributed by atoms with Gasteiger partial charge in [-0.1, -0.05) is 18.2 Å². The Balaban J connectivity index is 1.71. The zero-order chi connectivity index (χ0) is 16.0. The summed E-state index contributed by atoms with van der Waals surface area (Å²) in [6, 6.07) is 10.2. The second kappa shape index (κ2) is 5.19. The number of carbonyl (C=O) groups excluding carboxylic acids is 1. The van der Waals surface area contributed by atoms with Crippen LogP contribution in [0.3, 0.4) is 0 Å². The number of anilines is 1. The molecule has 1 aliphatic rings. The van der Waals surface area contributed by atoms with Gasteiger partial charge in [0.15, 0.2) is 5.65 Å². The van der Waals surface area contributed by atoms with E-state index < -0.39 is 0 Å². The summed E-state index contributed by atoms with van der Waals surface area (Å²) >= 11 is 0. The molecule has 3 heterocycles. The first-order chi connectivity index (χ1) is 11.1. The summed E-state index contributed by atoms with van der Waals surface area (Å²) in [6.45, 7) is 4.85. The molecule has 1 amide bonds. The number of hydrogen-bond acceptors (Lipinski definition) is 3. The predicted octanol–water partition coefficient (Wildman–Crippen LogP) is 3.22. The van der Waals surface area contributed by atoms with Gasteiger partial charge in [-0.05, 0) is 38.0 Å². The van der Waals surface area contributed by atoms with Crippen molar-refractivity contribution < 1.29 is 4.79 Å². The molecule has 1 aliphatic heterocycles. The Hall–Kier alpha value is -2.69. The summed E-state index contributed by atoms with van der Waals surface area (Å²) in [4.78, 5) is 19.2. The number of hydrogen-bond donors (Lipinski definition) is 0. The summed E-state index contributed by atoms with van der Waals surface area (Å²) in [6.07, 6.45) is 4.34. The van der Waals surface area contributed by atoms with Gasteiger partial charge in [0, 0.05) is 29.9 Å². The Morgan fingerprint density at radius 1 is 1.22 bits per heavy atom. The van der Waals surface area contributed by atoms with Crippen molar-refractivity contribution in [2.24, 2.45) is 0 Å². The van der Waals surface area contributed by atoms with Crippen LogP contribution in [-0.2, 0) is 6.42 Å².